The van der Waals surface area contributed by atoms with Gasteiger partial charge in [0.2, 0.25) is 8.24 Å². The number of hydrogen-bond donors (Lipinski definition) is 0. The molecular weight excluding hydrogens is 620 g/mol. The van der Waals surface area contributed by atoms with Gasteiger partial charge in [0.05, 0.1) is 6.04 Å². The Balaban J connectivity index is 0.00000137. The average molecular weight is 659 g/mol. The summed E-state index contributed by atoms with van der Waals surface area (Å²) >= 11 is 0. The van der Waals surface area contributed by atoms with Crippen molar-refractivity contribution in [3.63, 3.8) is 0 Å². The van der Waals surface area contributed by atoms with E-state index < -0.39 is 8.24 Å². The summed E-state index contributed by atoms with van der Waals surface area (Å²) in [6, 6.07) is 30.9. The first-order chi connectivity index (χ1) is 21.2. The number of hydrogen-bond acceptors (Lipinski definition) is 2. The fraction of sp³-hybridized carbons (Fsp3) is 0.278. The summed E-state index contributed by atoms with van der Waals surface area (Å²) in [4.78, 5) is 14.5. The smallest absolute Gasteiger partial charge is 0 e. The Morgan fingerprint density at radius 2 is 1.36 bits per heavy atom. The second-order valence-corrected chi connectivity index (χ2v) is 16.2. The normalized spacial score (nSPS) is 13.7. The summed E-state index contributed by atoms with van der Waals surface area (Å²) < 4.78 is 30.6. The third kappa shape index (κ3) is 8.27. The molecule has 0 N–H and O–H groups in total. The van der Waals surface area contributed by atoms with Crippen molar-refractivity contribution in [2.75, 3.05) is 13.2 Å². The van der Waals surface area contributed by atoms with Crippen molar-refractivity contribution in [1.82, 2.24) is 9.13 Å². The standard InChI is InChI=1S/C33H38N2O2Si.3CO.Cr/c1-25(2)20-21-34-27(24-37-32(34)36)22-26-23-35(31-19-13-12-18-30(26)31)38(33(3,4)5,28-14-8-6-9-15-28)29-16-10-7-11-17-29;3*1-2;/h6-20,23,27H,21-22,24H2,1-5H3;;;;/t27-;;;;/m0..../s1. The molecule has 1 aromatic heterocycles. The van der Waals surface area contributed by atoms with Gasteiger partial charge in [0, 0.05) is 41.0 Å². The summed E-state index contributed by atoms with van der Waals surface area (Å²) in [6.07, 6.45) is 5.03. The van der Waals surface area contributed by atoms with Gasteiger partial charge < -0.3 is 8.97 Å². The molecule has 5 rings (SSSR count). The van der Waals surface area contributed by atoms with Gasteiger partial charge in [-0.1, -0.05) is 111 Å². The van der Waals surface area contributed by atoms with E-state index in [9.17, 15) is 4.79 Å². The fourth-order valence-corrected chi connectivity index (χ4v) is 11.7. The molecule has 3 aromatic carbocycles. The minimum Gasteiger partial charge on any atom is 0 e. The number of carbonyl (C=O) groups excluding carboxylic acids is 1. The predicted molar refractivity (Wildman–Crippen MR) is 172 cm³/mol. The second-order valence-electron chi connectivity index (χ2n) is 11.6. The van der Waals surface area contributed by atoms with Crippen molar-refractivity contribution < 1.29 is 40.8 Å². The summed E-state index contributed by atoms with van der Waals surface area (Å²) in [5.74, 6) is 0. The predicted octanol–water partition coefficient (Wildman–Crippen LogP) is 6.26. The number of allylic oxidation sites excluding steroid dienone is 1. The molecule has 0 aliphatic carbocycles. The van der Waals surface area contributed by atoms with Gasteiger partial charge in [-0.15, -0.1) is 0 Å². The Morgan fingerprint density at radius 1 is 0.867 bits per heavy atom. The molecule has 1 aliphatic heterocycles. The van der Waals surface area contributed by atoms with Crippen molar-refractivity contribution in [3.05, 3.63) is 128 Å². The Morgan fingerprint density at radius 3 is 1.84 bits per heavy atom. The van der Waals surface area contributed by atoms with Crippen LogP contribution < -0.4 is 10.4 Å². The third-order valence-corrected chi connectivity index (χ3v) is 13.5. The van der Waals surface area contributed by atoms with Crippen LogP contribution in [0.1, 0.15) is 40.2 Å². The van der Waals surface area contributed by atoms with Gasteiger partial charge in [-0.25, -0.2) is 4.79 Å². The Kier molecular flexibility index (Phi) is 15.9. The zero-order valence-electron chi connectivity index (χ0n) is 26.3. The van der Waals surface area contributed by atoms with E-state index in [0.29, 0.717) is 13.2 Å². The number of carbonyl (C=O) groups is 1. The number of cyclic esters (lactones) is 1. The molecule has 45 heavy (non-hydrogen) atoms. The van der Waals surface area contributed by atoms with Crippen LogP contribution in [0.15, 0.2) is 103 Å². The van der Waals surface area contributed by atoms with Crippen molar-refractivity contribution >= 4 is 35.6 Å². The van der Waals surface area contributed by atoms with Crippen LogP contribution in [0.5, 0.6) is 0 Å². The molecule has 9 heteroatoms. The quantitative estimate of drug-likeness (QED) is 0.101. The summed E-state index contributed by atoms with van der Waals surface area (Å²) in [5.41, 5.74) is 3.71. The zero-order valence-corrected chi connectivity index (χ0v) is 28.6. The molecule has 1 amide bonds. The number of amides is 1. The third-order valence-electron chi connectivity index (χ3n) is 7.85. The number of fused-ring (bicyclic) bond motifs is 1. The monoisotopic (exact) mass is 658 g/mol. The molecule has 0 saturated carbocycles. The van der Waals surface area contributed by atoms with Crippen LogP contribution in [0, 0.1) is 20.0 Å². The van der Waals surface area contributed by atoms with Crippen molar-refractivity contribution in [1.29, 1.82) is 0 Å². The second kappa shape index (κ2) is 18.2. The van der Waals surface area contributed by atoms with E-state index in [2.05, 4.69) is 156 Å². The van der Waals surface area contributed by atoms with Crippen LogP contribution >= 0.6 is 0 Å². The SMILES string of the molecule is CC(C)=CCN1C(=O)OC[C@@H]1Cc1cn([Si](c2ccccc2)(c2ccccc2)C(C)(C)C)c2ccccc12.[C-]#[O+].[C-]#[O+].[C-]#[O+].[Cr]. The van der Waals surface area contributed by atoms with E-state index in [1.54, 1.807) is 0 Å². The first kappa shape index (κ1) is 39.2. The van der Waals surface area contributed by atoms with Crippen LogP contribution in [-0.2, 0) is 42.5 Å². The van der Waals surface area contributed by atoms with Gasteiger partial charge in [-0.3, -0.25) is 4.90 Å². The van der Waals surface area contributed by atoms with Crippen molar-refractivity contribution in [2.24, 2.45) is 0 Å². The molecule has 0 radical (unpaired) electrons. The van der Waals surface area contributed by atoms with Gasteiger partial charge in [0.1, 0.15) is 6.61 Å². The van der Waals surface area contributed by atoms with Crippen LogP contribution in [0.2, 0.25) is 5.04 Å². The summed E-state index contributed by atoms with van der Waals surface area (Å²) in [5, 5.41) is 3.99. The van der Waals surface area contributed by atoms with E-state index >= 15 is 0 Å². The molecule has 7 nitrogen and oxygen atoms in total. The van der Waals surface area contributed by atoms with Gasteiger partial charge in [0.25, 0.3) is 0 Å². The molecule has 1 saturated heterocycles. The van der Waals surface area contributed by atoms with Crippen molar-refractivity contribution in [3.8, 4) is 0 Å². The summed E-state index contributed by atoms with van der Waals surface area (Å²) in [7, 11) is -2.59. The molecule has 0 spiro atoms. The molecule has 0 bridgehead atoms. The molecule has 0 unspecified atom stereocenters. The maximum absolute atomic E-state index is 12.6. The average Bonchev–Trinajstić information content (AvgIpc) is 3.59. The largest absolute Gasteiger partial charge is 0 e. The number of ether oxygens (including phenoxy) is 1. The molecule has 1 aliphatic rings. The van der Waals surface area contributed by atoms with Gasteiger partial charge in [0.15, 0.2) is 0 Å². The molecule has 1 fully saturated rings. The van der Waals surface area contributed by atoms with Crippen LogP contribution in [-0.4, -0.2) is 42.7 Å². The molecule has 4 aromatic rings. The van der Waals surface area contributed by atoms with E-state index in [1.807, 2.05) is 4.90 Å². The Bertz CT molecular complexity index is 1550. The van der Waals surface area contributed by atoms with E-state index in [-0.39, 0.29) is 34.5 Å². The minimum absolute atomic E-state index is 0. The minimum atomic E-state index is -2.59. The number of aromatic nitrogens is 1. The van der Waals surface area contributed by atoms with Crippen LogP contribution in [0.3, 0.4) is 0 Å². The van der Waals surface area contributed by atoms with Crippen LogP contribution in [0.4, 0.5) is 4.79 Å². The van der Waals surface area contributed by atoms with Crippen LogP contribution in [0.25, 0.3) is 10.9 Å². The molecule has 232 valence electrons. The Labute approximate surface area is 278 Å². The van der Waals surface area contributed by atoms with E-state index in [1.165, 1.54) is 32.4 Å². The van der Waals surface area contributed by atoms with E-state index in [0.717, 1.165) is 6.42 Å². The number of para-hydroxylation sites is 1. The number of nitrogens with zero attached hydrogens (tertiary/aromatic N) is 2. The Hall–Kier alpha value is -3.82. The molecule has 2 heterocycles. The van der Waals surface area contributed by atoms with E-state index in [4.69, 9.17) is 18.7 Å². The number of rotatable bonds is 7. The first-order valence-corrected chi connectivity index (χ1v) is 16.1. The number of benzene rings is 3. The maximum Gasteiger partial charge on any atom is 0 e. The topological polar surface area (TPSA) is 94.2 Å². The van der Waals surface area contributed by atoms with Crippen molar-refractivity contribution in [2.45, 2.75) is 52.1 Å². The fourth-order valence-electron chi connectivity index (χ4n) is 6.14. The molecule has 1 atom stereocenters. The summed E-state index contributed by atoms with van der Waals surface area (Å²) in [6.45, 7) is 25.8. The maximum atomic E-state index is 12.6. The zero-order chi connectivity index (χ0) is 32.9. The van der Waals surface area contributed by atoms with Gasteiger partial charge in [-0.2, -0.15) is 0 Å². The van der Waals surface area contributed by atoms with Gasteiger partial charge in [-0.05, 0) is 47.3 Å². The first-order valence-electron chi connectivity index (χ1n) is 14.1. The van der Waals surface area contributed by atoms with Gasteiger partial charge >= 0.3 is 40.0 Å². The molecular formula is C36H38CrN2O5Si.